The third-order valence-electron chi connectivity index (χ3n) is 3.07. The van der Waals surface area contributed by atoms with Crippen LogP contribution in [0.25, 0.3) is 0 Å². The van der Waals surface area contributed by atoms with Crippen molar-refractivity contribution in [3.63, 3.8) is 0 Å². The number of hydrogen-bond donors (Lipinski definition) is 2. The Labute approximate surface area is 134 Å². The summed E-state index contributed by atoms with van der Waals surface area (Å²) in [6, 6.07) is 17.5. The summed E-state index contributed by atoms with van der Waals surface area (Å²) in [6.07, 6.45) is 1.33. The van der Waals surface area contributed by atoms with Crippen LogP contribution in [0.5, 0.6) is 0 Å². The van der Waals surface area contributed by atoms with Crippen molar-refractivity contribution in [3.05, 3.63) is 71.9 Å². The van der Waals surface area contributed by atoms with Crippen LogP contribution in [-0.4, -0.2) is 11.7 Å². The predicted octanol–water partition coefficient (Wildman–Crippen LogP) is 3.35. The summed E-state index contributed by atoms with van der Waals surface area (Å²) in [5, 5.41) is 14.6. The van der Waals surface area contributed by atoms with Gasteiger partial charge in [-0.2, -0.15) is 5.26 Å². The number of ketones is 1. The van der Waals surface area contributed by atoms with Gasteiger partial charge in [0.25, 0.3) is 5.91 Å². The Morgan fingerprint density at radius 2 is 1.65 bits per heavy atom. The minimum Gasteiger partial charge on any atom is -0.360 e. The zero-order valence-electron chi connectivity index (χ0n) is 12.5. The van der Waals surface area contributed by atoms with Crippen LogP contribution in [0.2, 0.25) is 0 Å². The summed E-state index contributed by atoms with van der Waals surface area (Å²) in [7, 11) is 0. The molecule has 0 atom stereocenters. The third kappa shape index (κ3) is 4.55. The van der Waals surface area contributed by atoms with Gasteiger partial charge in [0.05, 0.1) is 0 Å². The fourth-order valence-corrected chi connectivity index (χ4v) is 1.83. The lowest BCUT2D eigenvalue weighted by Gasteiger charge is -2.05. The van der Waals surface area contributed by atoms with Gasteiger partial charge in [-0.05, 0) is 43.3 Å². The van der Waals surface area contributed by atoms with Gasteiger partial charge in [-0.3, -0.25) is 9.59 Å². The van der Waals surface area contributed by atoms with E-state index in [1.807, 2.05) is 12.1 Å². The quantitative estimate of drug-likeness (QED) is 0.504. The molecular formula is C18H15N3O2. The molecule has 0 radical (unpaired) electrons. The monoisotopic (exact) mass is 305 g/mol. The first kappa shape index (κ1) is 16.0. The smallest absolute Gasteiger partial charge is 0.267 e. The number of para-hydroxylation sites is 1. The lowest BCUT2D eigenvalue weighted by Crippen LogP contribution is -2.14. The molecule has 0 fully saturated rings. The number of hydrogen-bond acceptors (Lipinski definition) is 4. The molecule has 114 valence electrons. The maximum absolute atomic E-state index is 12.0. The van der Waals surface area contributed by atoms with Crippen molar-refractivity contribution in [2.45, 2.75) is 6.92 Å². The van der Waals surface area contributed by atoms with Crippen molar-refractivity contribution in [2.24, 2.45) is 0 Å². The summed E-state index contributed by atoms with van der Waals surface area (Å²) >= 11 is 0. The van der Waals surface area contributed by atoms with Crippen LogP contribution >= 0.6 is 0 Å². The van der Waals surface area contributed by atoms with E-state index in [-0.39, 0.29) is 11.4 Å². The second-order valence-corrected chi connectivity index (χ2v) is 4.77. The van der Waals surface area contributed by atoms with E-state index in [0.717, 1.165) is 0 Å². The van der Waals surface area contributed by atoms with Crippen LogP contribution < -0.4 is 10.6 Å². The van der Waals surface area contributed by atoms with E-state index in [9.17, 15) is 9.59 Å². The minimum absolute atomic E-state index is 0.0213. The SMILES string of the molecule is CC(=O)c1ccc(N/C=C(\C#N)C(=O)Nc2ccccc2)cc1. The lowest BCUT2D eigenvalue weighted by molar-refractivity contribution is -0.112. The zero-order chi connectivity index (χ0) is 16.7. The average molecular weight is 305 g/mol. The number of carbonyl (C=O) groups is 2. The number of nitrogens with one attached hydrogen (secondary N) is 2. The first-order valence-corrected chi connectivity index (χ1v) is 6.94. The van der Waals surface area contributed by atoms with Gasteiger partial charge in [0.1, 0.15) is 11.6 Å². The Kier molecular flexibility index (Phi) is 5.26. The second kappa shape index (κ2) is 7.57. The first-order chi connectivity index (χ1) is 11.1. The van der Waals surface area contributed by atoms with Crippen molar-refractivity contribution < 1.29 is 9.59 Å². The Morgan fingerprint density at radius 1 is 1.00 bits per heavy atom. The molecule has 0 aliphatic carbocycles. The molecular weight excluding hydrogens is 290 g/mol. The van der Waals surface area contributed by atoms with Crippen LogP contribution in [0.4, 0.5) is 11.4 Å². The Balaban J connectivity index is 2.05. The van der Waals surface area contributed by atoms with Gasteiger partial charge in [-0.15, -0.1) is 0 Å². The third-order valence-corrected chi connectivity index (χ3v) is 3.07. The van der Waals surface area contributed by atoms with Gasteiger partial charge in [0.15, 0.2) is 5.78 Å². The molecule has 5 heteroatoms. The van der Waals surface area contributed by atoms with Gasteiger partial charge < -0.3 is 10.6 Å². The normalized spacial score (nSPS) is 10.5. The van der Waals surface area contributed by atoms with E-state index in [4.69, 9.17) is 5.26 Å². The van der Waals surface area contributed by atoms with Crippen molar-refractivity contribution in [1.29, 1.82) is 5.26 Å². The molecule has 0 aliphatic rings. The van der Waals surface area contributed by atoms with Crippen molar-refractivity contribution in [3.8, 4) is 6.07 Å². The summed E-state index contributed by atoms with van der Waals surface area (Å²) < 4.78 is 0. The van der Waals surface area contributed by atoms with Crippen molar-refractivity contribution in [2.75, 3.05) is 10.6 Å². The molecule has 0 aromatic heterocycles. The van der Waals surface area contributed by atoms with Gasteiger partial charge in [-0.1, -0.05) is 18.2 Å². The molecule has 5 nitrogen and oxygen atoms in total. The van der Waals surface area contributed by atoms with Crippen LogP contribution in [-0.2, 0) is 4.79 Å². The first-order valence-electron chi connectivity index (χ1n) is 6.94. The summed E-state index contributed by atoms with van der Waals surface area (Å²) in [5.74, 6) is -0.515. The number of benzene rings is 2. The predicted molar refractivity (Wildman–Crippen MR) is 88.8 cm³/mol. The Morgan fingerprint density at radius 3 is 2.22 bits per heavy atom. The molecule has 0 unspecified atom stereocenters. The zero-order valence-corrected chi connectivity index (χ0v) is 12.5. The van der Waals surface area contributed by atoms with Crippen LogP contribution in [0.3, 0.4) is 0 Å². The highest BCUT2D eigenvalue weighted by atomic mass is 16.1. The topological polar surface area (TPSA) is 82.0 Å². The highest BCUT2D eigenvalue weighted by molar-refractivity contribution is 6.06. The highest BCUT2D eigenvalue weighted by Crippen LogP contribution is 2.11. The molecule has 0 heterocycles. The van der Waals surface area contributed by atoms with E-state index >= 15 is 0 Å². The molecule has 0 aliphatic heterocycles. The maximum Gasteiger partial charge on any atom is 0.267 e. The standard InChI is InChI=1S/C18H15N3O2/c1-13(22)14-7-9-16(10-8-14)20-12-15(11-19)18(23)21-17-5-3-2-4-6-17/h2-10,12,20H,1H3,(H,21,23)/b15-12+. The number of amides is 1. The largest absolute Gasteiger partial charge is 0.360 e. The molecule has 2 N–H and O–H groups in total. The van der Waals surface area contributed by atoms with E-state index < -0.39 is 5.91 Å². The fourth-order valence-electron chi connectivity index (χ4n) is 1.83. The molecule has 0 bridgehead atoms. The van der Waals surface area contributed by atoms with Gasteiger partial charge in [0.2, 0.25) is 0 Å². The molecule has 23 heavy (non-hydrogen) atoms. The second-order valence-electron chi connectivity index (χ2n) is 4.77. The molecule has 0 saturated heterocycles. The number of Topliss-reactive ketones (excluding diaryl/α,β-unsaturated/α-hetero) is 1. The van der Waals surface area contributed by atoms with Crippen LogP contribution in [0.15, 0.2) is 66.4 Å². The minimum atomic E-state index is -0.494. The van der Waals surface area contributed by atoms with E-state index in [2.05, 4.69) is 10.6 Å². The molecule has 0 saturated carbocycles. The summed E-state index contributed by atoms with van der Waals surface area (Å²) in [4.78, 5) is 23.2. The van der Waals surface area contributed by atoms with E-state index in [1.54, 1.807) is 48.5 Å². The summed E-state index contributed by atoms with van der Waals surface area (Å²) in [6.45, 7) is 1.49. The summed E-state index contributed by atoms with van der Waals surface area (Å²) in [5.41, 5.74) is 1.84. The van der Waals surface area contributed by atoms with Crippen LogP contribution in [0.1, 0.15) is 17.3 Å². The van der Waals surface area contributed by atoms with E-state index in [1.165, 1.54) is 13.1 Å². The molecule has 2 aromatic carbocycles. The van der Waals surface area contributed by atoms with E-state index in [0.29, 0.717) is 16.9 Å². The van der Waals surface area contributed by atoms with Gasteiger partial charge in [0, 0.05) is 23.1 Å². The number of anilines is 2. The van der Waals surface area contributed by atoms with Crippen molar-refractivity contribution in [1.82, 2.24) is 0 Å². The number of nitriles is 1. The van der Waals surface area contributed by atoms with Gasteiger partial charge in [-0.25, -0.2) is 0 Å². The number of rotatable bonds is 5. The maximum atomic E-state index is 12.0. The average Bonchev–Trinajstić information content (AvgIpc) is 2.56. The highest BCUT2D eigenvalue weighted by Gasteiger charge is 2.09. The number of nitrogens with zero attached hydrogens (tertiary/aromatic N) is 1. The van der Waals surface area contributed by atoms with Gasteiger partial charge >= 0.3 is 0 Å². The Bertz CT molecular complexity index is 772. The van der Waals surface area contributed by atoms with Crippen LogP contribution in [0, 0.1) is 11.3 Å². The Hall–Kier alpha value is -3.39. The van der Waals surface area contributed by atoms with Crippen molar-refractivity contribution >= 4 is 23.1 Å². The fraction of sp³-hybridized carbons (Fsp3) is 0.0556. The molecule has 1 amide bonds. The number of carbonyl (C=O) groups excluding carboxylic acids is 2. The lowest BCUT2D eigenvalue weighted by atomic mass is 10.1. The molecule has 0 spiro atoms. The molecule has 2 aromatic rings. The molecule has 2 rings (SSSR count).